The van der Waals surface area contributed by atoms with E-state index < -0.39 is 0 Å². The van der Waals surface area contributed by atoms with Crippen molar-refractivity contribution in [2.75, 3.05) is 6.61 Å². The Kier molecular flexibility index (Phi) is 2.70. The highest BCUT2D eigenvalue weighted by Gasteiger charge is 2.17. The molecule has 14 heavy (non-hydrogen) atoms. The maximum atomic E-state index is 6.06. The van der Waals surface area contributed by atoms with Crippen LogP contribution in [0.3, 0.4) is 0 Å². The van der Waals surface area contributed by atoms with Gasteiger partial charge in [0.25, 0.3) is 0 Å². The Labute approximate surface area is 88.5 Å². The van der Waals surface area contributed by atoms with E-state index in [9.17, 15) is 0 Å². The van der Waals surface area contributed by atoms with Crippen LogP contribution in [0.15, 0.2) is 0 Å². The predicted octanol–water partition coefficient (Wildman–Crippen LogP) is 2.33. The van der Waals surface area contributed by atoms with Crippen molar-refractivity contribution in [3.63, 3.8) is 0 Å². The fourth-order valence-electron chi connectivity index (χ4n) is 1.47. The number of halogens is 1. The van der Waals surface area contributed by atoms with Gasteiger partial charge < -0.3 is 4.74 Å². The minimum absolute atomic E-state index is 0.320. The van der Waals surface area contributed by atoms with E-state index in [4.69, 9.17) is 16.3 Å². The van der Waals surface area contributed by atoms with E-state index >= 15 is 0 Å². The second-order valence-electron chi connectivity index (χ2n) is 3.76. The Bertz CT molecular complexity index is 352. The molecule has 0 aromatic carbocycles. The number of fused-ring (bicyclic) bond motifs is 1. The van der Waals surface area contributed by atoms with Crippen molar-refractivity contribution in [3.8, 4) is 0 Å². The molecule has 0 N–H and O–H groups in total. The zero-order chi connectivity index (χ0) is 10.1. The summed E-state index contributed by atoms with van der Waals surface area (Å²) in [4.78, 5) is 8.76. The summed E-state index contributed by atoms with van der Waals surface area (Å²) in [5.74, 6) is 1.15. The number of hydrogen-bond acceptors (Lipinski definition) is 3. The van der Waals surface area contributed by atoms with Gasteiger partial charge >= 0.3 is 0 Å². The van der Waals surface area contributed by atoms with Gasteiger partial charge in [0.05, 0.1) is 18.9 Å². The van der Waals surface area contributed by atoms with Crippen LogP contribution in [0.4, 0.5) is 0 Å². The smallest absolute Gasteiger partial charge is 0.138 e. The Morgan fingerprint density at radius 1 is 1.36 bits per heavy atom. The zero-order valence-electron chi connectivity index (χ0n) is 8.38. The normalized spacial score (nSPS) is 15.7. The van der Waals surface area contributed by atoms with Crippen molar-refractivity contribution in [1.82, 2.24) is 9.97 Å². The minimum atomic E-state index is 0.320. The lowest BCUT2D eigenvalue weighted by Crippen LogP contribution is -2.15. The largest absolute Gasteiger partial charge is 0.376 e. The van der Waals surface area contributed by atoms with E-state index in [0.29, 0.717) is 17.7 Å². The van der Waals surface area contributed by atoms with Gasteiger partial charge in [0.2, 0.25) is 0 Å². The summed E-state index contributed by atoms with van der Waals surface area (Å²) >= 11 is 6.06. The van der Waals surface area contributed by atoms with E-state index in [-0.39, 0.29) is 0 Å². The highest BCUT2D eigenvalue weighted by atomic mass is 35.5. The summed E-state index contributed by atoms with van der Waals surface area (Å²) in [6.45, 7) is 5.42. The molecule has 1 aliphatic rings. The number of rotatable bonds is 1. The molecular weight excluding hydrogens is 200 g/mol. The Morgan fingerprint density at radius 3 is 2.86 bits per heavy atom. The van der Waals surface area contributed by atoms with Crippen LogP contribution >= 0.6 is 11.6 Å². The van der Waals surface area contributed by atoms with Crippen molar-refractivity contribution in [3.05, 3.63) is 22.2 Å². The van der Waals surface area contributed by atoms with Gasteiger partial charge in [-0.05, 0) is 0 Å². The molecule has 3 nitrogen and oxygen atoms in total. The average molecular weight is 213 g/mol. The lowest BCUT2D eigenvalue weighted by Gasteiger charge is -2.17. The minimum Gasteiger partial charge on any atom is -0.376 e. The van der Waals surface area contributed by atoms with Crippen molar-refractivity contribution in [1.29, 1.82) is 0 Å². The first-order chi connectivity index (χ1) is 6.68. The molecule has 1 aromatic heterocycles. The summed E-state index contributed by atoms with van der Waals surface area (Å²) in [6.07, 6.45) is 0.845. The lowest BCUT2D eigenvalue weighted by molar-refractivity contribution is 0.108. The quantitative estimate of drug-likeness (QED) is 0.671. The zero-order valence-corrected chi connectivity index (χ0v) is 9.14. The van der Waals surface area contributed by atoms with Gasteiger partial charge in [-0.25, -0.2) is 9.97 Å². The molecule has 0 atom stereocenters. The monoisotopic (exact) mass is 212 g/mol. The summed E-state index contributed by atoms with van der Waals surface area (Å²) in [5, 5.41) is 0.554. The van der Waals surface area contributed by atoms with Crippen LogP contribution in [-0.4, -0.2) is 16.6 Å². The standard InChI is InChI=1S/C10H13ClN2O/c1-6(2)10-12-8-3-4-14-5-7(8)9(11)13-10/h6H,3-5H2,1-2H3. The number of ether oxygens (including phenoxy) is 1. The first-order valence-corrected chi connectivity index (χ1v) is 5.19. The van der Waals surface area contributed by atoms with Crippen LogP contribution in [0.25, 0.3) is 0 Å². The molecule has 0 amide bonds. The number of hydrogen-bond donors (Lipinski definition) is 0. The third kappa shape index (κ3) is 1.74. The lowest BCUT2D eigenvalue weighted by atomic mass is 10.1. The van der Waals surface area contributed by atoms with Gasteiger partial charge in [-0.1, -0.05) is 25.4 Å². The second kappa shape index (κ2) is 3.83. The van der Waals surface area contributed by atoms with E-state index in [1.165, 1.54) is 0 Å². The fraction of sp³-hybridized carbons (Fsp3) is 0.600. The molecule has 0 spiro atoms. The first-order valence-electron chi connectivity index (χ1n) is 4.81. The van der Waals surface area contributed by atoms with Crippen LogP contribution in [0, 0.1) is 0 Å². The Morgan fingerprint density at radius 2 is 2.14 bits per heavy atom. The predicted molar refractivity (Wildman–Crippen MR) is 54.5 cm³/mol. The molecule has 4 heteroatoms. The third-order valence-electron chi connectivity index (χ3n) is 2.31. The highest BCUT2D eigenvalue weighted by molar-refractivity contribution is 6.30. The number of nitrogens with zero attached hydrogens (tertiary/aromatic N) is 2. The van der Waals surface area contributed by atoms with Crippen LogP contribution in [0.1, 0.15) is 36.8 Å². The molecular formula is C10H13ClN2O. The van der Waals surface area contributed by atoms with Crippen LogP contribution in [0.2, 0.25) is 5.15 Å². The summed E-state index contributed by atoms with van der Waals surface area (Å²) in [7, 11) is 0. The topological polar surface area (TPSA) is 35.0 Å². The molecule has 0 unspecified atom stereocenters. The summed E-state index contributed by atoms with van der Waals surface area (Å²) in [5.41, 5.74) is 2.02. The van der Waals surface area contributed by atoms with Gasteiger partial charge in [0, 0.05) is 17.9 Å². The Balaban J connectivity index is 2.46. The second-order valence-corrected chi connectivity index (χ2v) is 4.11. The van der Waals surface area contributed by atoms with E-state index in [0.717, 1.165) is 30.1 Å². The van der Waals surface area contributed by atoms with Gasteiger partial charge in [-0.3, -0.25) is 0 Å². The maximum Gasteiger partial charge on any atom is 0.138 e. The van der Waals surface area contributed by atoms with Gasteiger partial charge in [-0.2, -0.15) is 0 Å². The maximum absolute atomic E-state index is 6.06. The van der Waals surface area contributed by atoms with E-state index in [2.05, 4.69) is 23.8 Å². The van der Waals surface area contributed by atoms with Crippen molar-refractivity contribution < 1.29 is 4.74 Å². The van der Waals surface area contributed by atoms with Gasteiger partial charge in [-0.15, -0.1) is 0 Å². The molecule has 0 saturated heterocycles. The molecule has 0 radical (unpaired) electrons. The van der Waals surface area contributed by atoms with Crippen LogP contribution in [0.5, 0.6) is 0 Å². The SMILES string of the molecule is CC(C)c1nc(Cl)c2c(n1)CCOC2. The van der Waals surface area contributed by atoms with Crippen molar-refractivity contribution >= 4 is 11.6 Å². The molecule has 0 aliphatic carbocycles. The fourth-order valence-corrected chi connectivity index (χ4v) is 1.72. The molecule has 1 aromatic rings. The molecule has 76 valence electrons. The molecule has 2 rings (SSSR count). The highest BCUT2D eigenvalue weighted by Crippen LogP contribution is 2.24. The van der Waals surface area contributed by atoms with Crippen LogP contribution in [-0.2, 0) is 17.8 Å². The third-order valence-corrected chi connectivity index (χ3v) is 2.62. The first kappa shape index (κ1) is 9.87. The summed E-state index contributed by atoms with van der Waals surface area (Å²) < 4.78 is 5.31. The van der Waals surface area contributed by atoms with Crippen molar-refractivity contribution in [2.45, 2.75) is 32.8 Å². The molecule has 0 bridgehead atoms. The average Bonchev–Trinajstić information content (AvgIpc) is 2.17. The Hall–Kier alpha value is -0.670. The van der Waals surface area contributed by atoms with Gasteiger partial charge in [0.15, 0.2) is 0 Å². The van der Waals surface area contributed by atoms with E-state index in [1.807, 2.05) is 0 Å². The number of aromatic nitrogens is 2. The van der Waals surface area contributed by atoms with Gasteiger partial charge in [0.1, 0.15) is 11.0 Å². The van der Waals surface area contributed by atoms with Crippen molar-refractivity contribution in [2.24, 2.45) is 0 Å². The summed E-state index contributed by atoms with van der Waals surface area (Å²) in [6, 6.07) is 0. The van der Waals surface area contributed by atoms with E-state index in [1.54, 1.807) is 0 Å². The van der Waals surface area contributed by atoms with Crippen LogP contribution < -0.4 is 0 Å². The molecule has 1 aliphatic heterocycles. The molecule has 2 heterocycles. The molecule has 0 saturated carbocycles. The molecule has 0 fully saturated rings.